The monoisotopic (exact) mass is 366 g/mol. The Labute approximate surface area is 152 Å². The molecule has 0 saturated heterocycles. The van der Waals surface area contributed by atoms with Crippen LogP contribution in [0, 0.1) is 0 Å². The van der Waals surface area contributed by atoms with Crippen LogP contribution in [0.5, 0.6) is 0 Å². The summed E-state index contributed by atoms with van der Waals surface area (Å²) in [4.78, 5) is 14.4. The van der Waals surface area contributed by atoms with Gasteiger partial charge in [0.1, 0.15) is 5.60 Å². The summed E-state index contributed by atoms with van der Waals surface area (Å²) in [6, 6.07) is 8.78. The van der Waals surface area contributed by atoms with E-state index in [1.807, 2.05) is 20.8 Å². The van der Waals surface area contributed by atoms with Gasteiger partial charge >= 0.3 is 6.09 Å². The van der Waals surface area contributed by atoms with Crippen molar-refractivity contribution >= 4 is 28.8 Å². The predicted octanol–water partition coefficient (Wildman–Crippen LogP) is 4.79. The first-order valence-electron chi connectivity index (χ1n) is 8.18. The Morgan fingerprint density at radius 1 is 1.17 bits per heavy atom. The molecule has 0 radical (unpaired) electrons. The van der Waals surface area contributed by atoms with Crippen LogP contribution in [0.3, 0.4) is 0 Å². The highest BCUT2D eigenvalue weighted by Gasteiger charge is 2.21. The summed E-state index contributed by atoms with van der Waals surface area (Å²) >= 11 is 3.49. The van der Waals surface area contributed by atoms with Gasteiger partial charge in [-0.3, -0.25) is 0 Å². The highest BCUT2D eigenvalue weighted by atomic mass is 32.1. The van der Waals surface area contributed by atoms with Crippen LogP contribution in [0.15, 0.2) is 35.0 Å². The zero-order valence-corrected chi connectivity index (χ0v) is 16.3. The van der Waals surface area contributed by atoms with Gasteiger partial charge in [0.15, 0.2) is 0 Å². The third-order valence-corrected chi connectivity index (χ3v) is 5.32. The minimum atomic E-state index is -0.476. The number of hydrogen-bond acceptors (Lipinski definition) is 5. The molecule has 1 amide bonds. The fraction of sp³-hybridized carbons (Fsp3) is 0.500. The van der Waals surface area contributed by atoms with Crippen LogP contribution in [-0.2, 0) is 4.74 Å². The van der Waals surface area contributed by atoms with Gasteiger partial charge in [0.05, 0.1) is 6.04 Å². The number of rotatable bonds is 7. The standard InChI is InChI=1S/C18H26N2O2S2/c1-5-13(12-19-17(21)22-18(2,3)4)20-16(14-8-6-10-23-14)15-9-7-11-24-15/h6-11,13,16,20H,5,12H2,1-4H3,(H,19,21). The smallest absolute Gasteiger partial charge is 0.407 e. The number of nitrogens with one attached hydrogen (secondary N) is 2. The second-order valence-corrected chi connectivity index (χ2v) is 8.58. The fourth-order valence-corrected chi connectivity index (χ4v) is 3.97. The lowest BCUT2D eigenvalue weighted by Crippen LogP contribution is -2.43. The average Bonchev–Trinajstić information content (AvgIpc) is 3.19. The topological polar surface area (TPSA) is 50.4 Å². The molecule has 2 N–H and O–H groups in total. The van der Waals surface area contributed by atoms with Crippen molar-refractivity contribution in [1.29, 1.82) is 0 Å². The maximum absolute atomic E-state index is 11.9. The molecule has 2 rings (SSSR count). The summed E-state index contributed by atoms with van der Waals surface area (Å²) in [5.41, 5.74) is -0.476. The molecule has 0 spiro atoms. The van der Waals surface area contributed by atoms with Gasteiger partial charge in [0.25, 0.3) is 0 Å². The summed E-state index contributed by atoms with van der Waals surface area (Å²) in [5.74, 6) is 0. The third-order valence-electron chi connectivity index (χ3n) is 3.44. The van der Waals surface area contributed by atoms with Gasteiger partial charge in [-0.2, -0.15) is 0 Å². The Bertz CT molecular complexity index is 569. The van der Waals surface area contributed by atoms with Crippen LogP contribution in [0.25, 0.3) is 0 Å². The largest absolute Gasteiger partial charge is 0.444 e. The third kappa shape index (κ3) is 5.92. The van der Waals surface area contributed by atoms with Gasteiger partial charge < -0.3 is 15.4 Å². The Morgan fingerprint density at radius 2 is 1.75 bits per heavy atom. The zero-order valence-electron chi connectivity index (χ0n) is 14.7. The number of hydrogen-bond donors (Lipinski definition) is 2. The van der Waals surface area contributed by atoms with Crippen molar-refractivity contribution in [3.8, 4) is 0 Å². The van der Waals surface area contributed by atoms with Crippen molar-refractivity contribution < 1.29 is 9.53 Å². The lowest BCUT2D eigenvalue weighted by atomic mass is 10.1. The van der Waals surface area contributed by atoms with Gasteiger partial charge in [0.2, 0.25) is 0 Å². The second-order valence-electron chi connectivity index (χ2n) is 6.62. The van der Waals surface area contributed by atoms with Gasteiger partial charge in [-0.05, 0) is 50.1 Å². The molecule has 0 saturated carbocycles. The normalized spacial score (nSPS) is 13.0. The highest BCUT2D eigenvalue weighted by Crippen LogP contribution is 2.29. The van der Waals surface area contributed by atoms with Gasteiger partial charge in [-0.25, -0.2) is 4.79 Å². The Kier molecular flexibility index (Phi) is 6.83. The van der Waals surface area contributed by atoms with E-state index in [1.165, 1.54) is 9.75 Å². The van der Waals surface area contributed by atoms with Crippen molar-refractivity contribution in [3.05, 3.63) is 44.8 Å². The summed E-state index contributed by atoms with van der Waals surface area (Å²) < 4.78 is 5.31. The molecule has 2 aromatic rings. The van der Waals surface area contributed by atoms with E-state index in [0.717, 1.165) is 6.42 Å². The summed E-state index contributed by atoms with van der Waals surface area (Å²) in [6.07, 6.45) is 0.551. The van der Waals surface area contributed by atoms with Crippen LogP contribution in [0.2, 0.25) is 0 Å². The maximum Gasteiger partial charge on any atom is 0.407 e. The molecule has 1 unspecified atom stereocenters. The number of alkyl carbamates (subject to hydrolysis) is 1. The first-order chi connectivity index (χ1) is 11.4. The van der Waals surface area contributed by atoms with Crippen molar-refractivity contribution in [2.75, 3.05) is 6.54 Å². The molecular weight excluding hydrogens is 340 g/mol. The van der Waals surface area contributed by atoms with Crippen molar-refractivity contribution in [3.63, 3.8) is 0 Å². The molecule has 0 aliphatic rings. The minimum absolute atomic E-state index is 0.162. The van der Waals surface area contributed by atoms with E-state index in [1.54, 1.807) is 22.7 Å². The molecule has 0 fully saturated rings. The quantitative estimate of drug-likeness (QED) is 0.740. The second kappa shape index (κ2) is 8.65. The average molecular weight is 367 g/mol. The number of thiophene rings is 2. The van der Waals surface area contributed by atoms with Crippen LogP contribution in [-0.4, -0.2) is 24.3 Å². The molecule has 2 aromatic heterocycles. The van der Waals surface area contributed by atoms with E-state index in [4.69, 9.17) is 4.74 Å². The van der Waals surface area contributed by atoms with E-state index in [-0.39, 0.29) is 18.2 Å². The van der Waals surface area contributed by atoms with Crippen molar-refractivity contribution in [2.45, 2.75) is 51.8 Å². The molecule has 2 heterocycles. The Balaban J connectivity index is 1.98. The number of carbonyl (C=O) groups excluding carboxylic acids is 1. The van der Waals surface area contributed by atoms with Gasteiger partial charge in [0, 0.05) is 22.3 Å². The Hall–Kier alpha value is -1.37. The molecule has 0 aliphatic carbocycles. The number of amides is 1. The summed E-state index contributed by atoms with van der Waals surface area (Å²) in [5, 5.41) is 10.7. The van der Waals surface area contributed by atoms with Crippen LogP contribution in [0.4, 0.5) is 4.79 Å². The first-order valence-corrected chi connectivity index (χ1v) is 9.94. The molecule has 1 atom stereocenters. The van der Waals surface area contributed by atoms with Gasteiger partial charge in [-0.15, -0.1) is 22.7 Å². The van der Waals surface area contributed by atoms with Crippen molar-refractivity contribution in [1.82, 2.24) is 10.6 Å². The van der Waals surface area contributed by atoms with Crippen LogP contribution < -0.4 is 10.6 Å². The molecule has 0 bridgehead atoms. The molecular formula is C18H26N2O2S2. The number of carbonyl (C=O) groups is 1. The molecule has 24 heavy (non-hydrogen) atoms. The molecule has 0 aromatic carbocycles. The molecule has 6 heteroatoms. The zero-order chi connectivity index (χ0) is 17.6. The van der Waals surface area contributed by atoms with Gasteiger partial charge in [-0.1, -0.05) is 19.1 Å². The van der Waals surface area contributed by atoms with E-state index >= 15 is 0 Å². The molecule has 132 valence electrons. The Morgan fingerprint density at radius 3 is 2.17 bits per heavy atom. The SMILES string of the molecule is CCC(CNC(=O)OC(C)(C)C)NC(c1cccs1)c1cccs1. The van der Waals surface area contributed by atoms with E-state index < -0.39 is 5.60 Å². The minimum Gasteiger partial charge on any atom is -0.444 e. The molecule has 0 aliphatic heterocycles. The number of ether oxygens (including phenoxy) is 1. The predicted molar refractivity (Wildman–Crippen MR) is 102 cm³/mol. The summed E-state index contributed by atoms with van der Waals surface area (Å²) in [7, 11) is 0. The lowest BCUT2D eigenvalue weighted by molar-refractivity contribution is 0.0521. The first kappa shape index (κ1) is 19.0. The molecule has 4 nitrogen and oxygen atoms in total. The highest BCUT2D eigenvalue weighted by molar-refractivity contribution is 7.11. The van der Waals surface area contributed by atoms with Crippen LogP contribution >= 0.6 is 22.7 Å². The van der Waals surface area contributed by atoms with E-state index in [0.29, 0.717) is 6.54 Å². The lowest BCUT2D eigenvalue weighted by Gasteiger charge is -2.25. The van der Waals surface area contributed by atoms with E-state index in [2.05, 4.69) is 52.6 Å². The van der Waals surface area contributed by atoms with Crippen LogP contribution in [0.1, 0.15) is 49.9 Å². The maximum atomic E-state index is 11.9. The fourth-order valence-electron chi connectivity index (χ4n) is 2.29. The summed E-state index contributed by atoms with van der Waals surface area (Å²) in [6.45, 7) is 8.26. The van der Waals surface area contributed by atoms with E-state index in [9.17, 15) is 4.79 Å². The van der Waals surface area contributed by atoms with Crippen molar-refractivity contribution in [2.24, 2.45) is 0 Å².